The van der Waals surface area contributed by atoms with Gasteiger partial charge in [0.15, 0.2) is 11.4 Å². The summed E-state index contributed by atoms with van der Waals surface area (Å²) < 4.78 is 26.8. The molecular formula is C16H12Br2I4O2S. The van der Waals surface area contributed by atoms with E-state index in [1.165, 1.54) is 0 Å². The highest BCUT2D eigenvalue weighted by atomic mass is 127. The van der Waals surface area contributed by atoms with Gasteiger partial charge in [-0.3, -0.25) is 0 Å². The van der Waals surface area contributed by atoms with E-state index in [2.05, 4.69) is 122 Å². The molecule has 0 aromatic heterocycles. The van der Waals surface area contributed by atoms with E-state index in [4.69, 9.17) is 0 Å². The van der Waals surface area contributed by atoms with Crippen molar-refractivity contribution in [2.45, 2.75) is 14.4 Å². The van der Waals surface area contributed by atoms with Gasteiger partial charge in [-0.25, -0.2) is 8.42 Å². The van der Waals surface area contributed by atoms with E-state index in [-0.39, 0.29) is 0 Å². The van der Waals surface area contributed by atoms with Crippen LogP contribution in [0.4, 0.5) is 0 Å². The number of sulfone groups is 1. The van der Waals surface area contributed by atoms with Gasteiger partial charge in [0, 0.05) is 21.8 Å². The average molecular weight is 936 g/mol. The molecule has 2 aromatic carbocycles. The predicted octanol–water partition coefficient (Wildman–Crippen LogP) is 7.46. The third-order valence-electron chi connectivity index (χ3n) is 3.38. The van der Waals surface area contributed by atoms with Crippen LogP contribution < -0.4 is 0 Å². The molecule has 0 amide bonds. The van der Waals surface area contributed by atoms with E-state index in [9.17, 15) is 8.42 Å². The lowest BCUT2D eigenvalue weighted by atomic mass is 10.2. The summed E-state index contributed by atoms with van der Waals surface area (Å²) in [6.07, 6.45) is 0.893. The summed E-state index contributed by atoms with van der Waals surface area (Å²) in [4.78, 5) is 0. The fourth-order valence-corrected chi connectivity index (χ4v) is 15.5. The molecule has 0 unspecified atom stereocenters. The average Bonchev–Trinajstić information content (AvgIpc) is 2.45. The van der Waals surface area contributed by atoms with E-state index in [0.717, 1.165) is 20.1 Å². The van der Waals surface area contributed by atoms with Gasteiger partial charge >= 0.3 is 0 Å². The summed E-state index contributed by atoms with van der Waals surface area (Å²) >= 11 is 15.2. The SMILES string of the molecule is O=S(=O)(C(I)(I)Cc1cccc(Br)c1)C(I)(I)Cc1cccc(Br)c1. The van der Waals surface area contributed by atoms with E-state index in [1.807, 2.05) is 48.5 Å². The molecule has 136 valence electrons. The molecule has 2 rings (SSSR count). The van der Waals surface area contributed by atoms with Crippen molar-refractivity contribution < 1.29 is 8.42 Å². The van der Waals surface area contributed by atoms with Gasteiger partial charge in [-0.2, -0.15) is 0 Å². The Morgan fingerprint density at radius 1 is 0.760 bits per heavy atom. The highest BCUT2D eigenvalue weighted by molar-refractivity contribution is 14.2. The quantitative estimate of drug-likeness (QED) is 0.223. The zero-order chi connectivity index (χ0) is 18.9. The molecule has 0 bridgehead atoms. The highest BCUT2D eigenvalue weighted by Crippen LogP contribution is 2.50. The van der Waals surface area contributed by atoms with Crippen LogP contribution in [0.1, 0.15) is 11.1 Å². The second-order valence-electron chi connectivity index (χ2n) is 5.39. The van der Waals surface area contributed by atoms with Crippen LogP contribution in [0.25, 0.3) is 0 Å². The molecule has 0 fully saturated rings. The van der Waals surface area contributed by atoms with Gasteiger partial charge in [-0.1, -0.05) is 56.1 Å². The molecule has 0 aliphatic rings. The van der Waals surface area contributed by atoms with Crippen LogP contribution in [0.3, 0.4) is 0 Å². The Morgan fingerprint density at radius 2 is 1.12 bits per heavy atom. The highest BCUT2D eigenvalue weighted by Gasteiger charge is 2.51. The summed E-state index contributed by atoms with van der Waals surface area (Å²) in [7, 11) is -3.44. The van der Waals surface area contributed by atoms with Gasteiger partial charge in [0.1, 0.15) is 0 Å². The van der Waals surface area contributed by atoms with Crippen LogP contribution in [-0.4, -0.2) is 9.94 Å². The van der Waals surface area contributed by atoms with Gasteiger partial charge < -0.3 is 0 Å². The zero-order valence-corrected chi connectivity index (χ0v) is 25.1. The molecule has 0 saturated carbocycles. The second kappa shape index (κ2) is 9.39. The van der Waals surface area contributed by atoms with Gasteiger partial charge in [-0.05, 0) is 126 Å². The number of alkyl halides is 4. The summed E-state index contributed by atoms with van der Waals surface area (Å²) in [5.41, 5.74) is 1.99. The summed E-state index contributed by atoms with van der Waals surface area (Å²) in [6, 6.07) is 15.6. The molecular weight excluding hydrogens is 924 g/mol. The van der Waals surface area contributed by atoms with Crippen molar-refractivity contribution in [3.63, 3.8) is 0 Å². The molecule has 0 spiro atoms. The first kappa shape index (κ1) is 23.5. The molecule has 0 aliphatic heterocycles. The lowest BCUT2D eigenvalue weighted by Crippen LogP contribution is -2.40. The van der Waals surface area contributed by atoms with Crippen LogP contribution in [-0.2, 0) is 22.7 Å². The number of halogens is 6. The van der Waals surface area contributed by atoms with Crippen molar-refractivity contribution >= 4 is 132 Å². The number of hydrogen-bond donors (Lipinski definition) is 0. The molecule has 9 heteroatoms. The Balaban J connectivity index is 2.30. The molecule has 0 saturated heterocycles. The minimum Gasteiger partial charge on any atom is -0.224 e. The predicted molar refractivity (Wildman–Crippen MR) is 146 cm³/mol. The van der Waals surface area contributed by atoms with Crippen molar-refractivity contribution in [2.75, 3.05) is 0 Å². The van der Waals surface area contributed by atoms with Crippen LogP contribution >= 0.6 is 122 Å². The molecule has 0 aliphatic carbocycles. The van der Waals surface area contributed by atoms with Gasteiger partial charge in [0.05, 0.1) is 0 Å². The Hall–Kier alpha value is 2.27. The molecule has 0 N–H and O–H groups in total. The topological polar surface area (TPSA) is 34.1 Å². The largest absolute Gasteiger partial charge is 0.224 e. The number of hydrogen-bond acceptors (Lipinski definition) is 2. The number of rotatable bonds is 6. The molecule has 0 heterocycles. The van der Waals surface area contributed by atoms with Crippen LogP contribution in [0, 0.1) is 0 Å². The first-order chi connectivity index (χ1) is 11.4. The molecule has 0 atom stereocenters. The molecule has 2 aromatic rings. The first-order valence-corrected chi connectivity index (χ1v) is 14.3. The zero-order valence-electron chi connectivity index (χ0n) is 12.5. The normalized spacial score (nSPS) is 13.0. The van der Waals surface area contributed by atoms with E-state index in [0.29, 0.717) is 12.8 Å². The summed E-state index contributed by atoms with van der Waals surface area (Å²) in [6.45, 7) is 0. The fraction of sp³-hybridized carbons (Fsp3) is 0.250. The minimum absolute atomic E-state index is 0.447. The second-order valence-corrected chi connectivity index (χ2v) is 24.0. The van der Waals surface area contributed by atoms with Crippen molar-refractivity contribution in [1.29, 1.82) is 0 Å². The maximum Gasteiger partial charge on any atom is 0.199 e. The molecule has 0 radical (unpaired) electrons. The van der Waals surface area contributed by atoms with E-state index >= 15 is 0 Å². The maximum atomic E-state index is 13.4. The van der Waals surface area contributed by atoms with Crippen molar-refractivity contribution in [1.82, 2.24) is 0 Å². The third kappa shape index (κ3) is 6.12. The first-order valence-electron chi connectivity index (χ1n) is 6.93. The van der Waals surface area contributed by atoms with Gasteiger partial charge in [-0.15, -0.1) is 0 Å². The van der Waals surface area contributed by atoms with E-state index in [1.54, 1.807) is 0 Å². The Morgan fingerprint density at radius 3 is 1.44 bits per heavy atom. The van der Waals surface area contributed by atoms with Crippen molar-refractivity contribution in [3.8, 4) is 0 Å². The minimum atomic E-state index is -3.44. The molecule has 2 nitrogen and oxygen atoms in total. The smallest absolute Gasteiger partial charge is 0.199 e. The third-order valence-corrected chi connectivity index (χ3v) is 14.7. The Kier molecular flexibility index (Phi) is 8.84. The van der Waals surface area contributed by atoms with E-state index < -0.39 is 11.4 Å². The lowest BCUT2D eigenvalue weighted by molar-refractivity contribution is 0.589. The van der Waals surface area contributed by atoms with Gasteiger partial charge in [0.25, 0.3) is 0 Å². The summed E-state index contributed by atoms with van der Waals surface area (Å²) in [5, 5.41) is 0. The molecule has 25 heavy (non-hydrogen) atoms. The van der Waals surface area contributed by atoms with Crippen LogP contribution in [0.15, 0.2) is 57.5 Å². The Bertz CT molecular complexity index is 804. The van der Waals surface area contributed by atoms with Crippen molar-refractivity contribution in [3.05, 3.63) is 68.6 Å². The summed E-state index contributed by atoms with van der Waals surface area (Å²) in [5.74, 6) is 0. The fourth-order valence-electron chi connectivity index (χ4n) is 2.18. The van der Waals surface area contributed by atoms with Crippen molar-refractivity contribution in [2.24, 2.45) is 0 Å². The van der Waals surface area contributed by atoms with Gasteiger partial charge in [0.2, 0.25) is 0 Å². The lowest BCUT2D eigenvalue weighted by Gasteiger charge is -2.30. The Labute approximate surface area is 219 Å². The van der Waals surface area contributed by atoms with Crippen LogP contribution in [0.2, 0.25) is 0 Å². The monoisotopic (exact) mass is 934 g/mol. The maximum absolute atomic E-state index is 13.4. The standard InChI is InChI=1S/C16H12Br2I4O2S/c17-13-5-1-3-11(7-13)9-15(19,20)25(23,24)16(21,22)10-12-4-2-6-14(18)8-12/h1-8H,9-10H2. The number of benzene rings is 2. The van der Waals surface area contributed by atoms with Crippen LogP contribution in [0.5, 0.6) is 0 Å².